The van der Waals surface area contributed by atoms with Gasteiger partial charge in [0.2, 0.25) is 0 Å². The van der Waals surface area contributed by atoms with Crippen LogP contribution in [0.15, 0.2) is 48.5 Å². The van der Waals surface area contributed by atoms with Crippen LogP contribution in [0.1, 0.15) is 30.0 Å². The Morgan fingerprint density at radius 3 is 2.52 bits per heavy atom. The Bertz CT molecular complexity index is 583. The normalized spacial score (nSPS) is 17.1. The number of hydrogen-bond acceptors (Lipinski definition) is 3. The van der Waals surface area contributed by atoms with E-state index in [0.29, 0.717) is 13.2 Å². The minimum Gasteiger partial charge on any atom is -0.490 e. The number of fused-ring (bicyclic) bond motifs is 1. The van der Waals surface area contributed by atoms with Crippen LogP contribution < -0.4 is 15.2 Å². The molecule has 1 aliphatic rings. The smallest absolute Gasteiger partial charge is 0.122 e. The van der Waals surface area contributed by atoms with Gasteiger partial charge in [0.15, 0.2) is 0 Å². The van der Waals surface area contributed by atoms with Gasteiger partial charge in [0.1, 0.15) is 24.7 Å². The lowest BCUT2D eigenvalue weighted by molar-refractivity contribution is 0.217. The molecule has 0 saturated carbocycles. The maximum atomic E-state index is 6.17. The highest BCUT2D eigenvalue weighted by Crippen LogP contribution is 2.30. The van der Waals surface area contributed by atoms with Crippen molar-refractivity contribution in [2.24, 2.45) is 5.73 Å². The van der Waals surface area contributed by atoms with Gasteiger partial charge in [-0.1, -0.05) is 24.3 Å². The van der Waals surface area contributed by atoms with E-state index in [2.05, 4.69) is 12.1 Å². The van der Waals surface area contributed by atoms with Crippen LogP contribution in [0.5, 0.6) is 11.5 Å². The van der Waals surface area contributed by atoms with Crippen molar-refractivity contribution in [1.82, 2.24) is 0 Å². The molecule has 2 aromatic carbocycles. The SMILES string of the molecule is NC1CCCc2ccc(OCCOc3ccccc3)cc21. The van der Waals surface area contributed by atoms with Gasteiger partial charge in [-0.25, -0.2) is 0 Å². The topological polar surface area (TPSA) is 44.5 Å². The number of rotatable bonds is 5. The predicted molar refractivity (Wildman–Crippen MR) is 83.7 cm³/mol. The third-order valence-electron chi connectivity index (χ3n) is 3.84. The summed E-state index contributed by atoms with van der Waals surface area (Å²) in [5, 5.41) is 0. The number of nitrogens with two attached hydrogens (primary N) is 1. The van der Waals surface area contributed by atoms with Crippen molar-refractivity contribution >= 4 is 0 Å². The summed E-state index contributed by atoms with van der Waals surface area (Å²) in [4.78, 5) is 0. The van der Waals surface area contributed by atoms with Crippen molar-refractivity contribution in [2.75, 3.05) is 13.2 Å². The van der Waals surface area contributed by atoms with Crippen molar-refractivity contribution in [3.8, 4) is 11.5 Å². The van der Waals surface area contributed by atoms with Crippen LogP contribution in [-0.4, -0.2) is 13.2 Å². The summed E-state index contributed by atoms with van der Waals surface area (Å²) in [5.74, 6) is 1.75. The van der Waals surface area contributed by atoms with Crippen molar-refractivity contribution in [3.63, 3.8) is 0 Å². The molecule has 0 heterocycles. The Balaban J connectivity index is 1.53. The zero-order valence-corrected chi connectivity index (χ0v) is 12.1. The number of aryl methyl sites for hydroxylation is 1. The molecule has 21 heavy (non-hydrogen) atoms. The van der Waals surface area contributed by atoms with E-state index in [1.807, 2.05) is 36.4 Å². The number of para-hydroxylation sites is 1. The number of ether oxygens (including phenoxy) is 2. The second kappa shape index (κ2) is 6.64. The van der Waals surface area contributed by atoms with Gasteiger partial charge in [-0.05, 0) is 54.7 Å². The van der Waals surface area contributed by atoms with Crippen LogP contribution in [0.3, 0.4) is 0 Å². The van der Waals surface area contributed by atoms with Crippen LogP contribution in [0.2, 0.25) is 0 Å². The van der Waals surface area contributed by atoms with Crippen molar-refractivity contribution < 1.29 is 9.47 Å². The first-order chi connectivity index (χ1) is 10.3. The molecule has 2 N–H and O–H groups in total. The first-order valence-corrected chi connectivity index (χ1v) is 7.52. The van der Waals surface area contributed by atoms with E-state index < -0.39 is 0 Å². The fraction of sp³-hybridized carbons (Fsp3) is 0.333. The van der Waals surface area contributed by atoms with Crippen molar-refractivity contribution in [3.05, 3.63) is 59.7 Å². The summed E-state index contributed by atoms with van der Waals surface area (Å²) in [5.41, 5.74) is 8.77. The fourth-order valence-electron chi connectivity index (χ4n) is 2.74. The standard InChI is InChI=1S/C18H21NO2/c19-18-8-4-5-14-9-10-16(13-17(14)18)21-12-11-20-15-6-2-1-3-7-15/h1-3,6-7,9-10,13,18H,4-5,8,11-12,19H2. The molecule has 0 radical (unpaired) electrons. The summed E-state index contributed by atoms with van der Waals surface area (Å²) >= 11 is 0. The van der Waals surface area contributed by atoms with Crippen LogP contribution in [0.25, 0.3) is 0 Å². The van der Waals surface area contributed by atoms with E-state index in [-0.39, 0.29) is 6.04 Å². The molecule has 0 spiro atoms. The molecule has 0 aromatic heterocycles. The maximum Gasteiger partial charge on any atom is 0.122 e. The summed E-state index contributed by atoms with van der Waals surface area (Å²) < 4.78 is 11.4. The molecule has 1 aliphatic carbocycles. The summed E-state index contributed by atoms with van der Waals surface area (Å²) in [7, 11) is 0. The molecule has 2 aromatic rings. The third-order valence-corrected chi connectivity index (χ3v) is 3.84. The highest BCUT2D eigenvalue weighted by molar-refractivity contribution is 5.39. The Labute approximate surface area is 125 Å². The highest BCUT2D eigenvalue weighted by atomic mass is 16.5. The monoisotopic (exact) mass is 283 g/mol. The van der Waals surface area contributed by atoms with Crippen LogP contribution in [-0.2, 0) is 6.42 Å². The molecule has 0 fully saturated rings. The number of hydrogen-bond donors (Lipinski definition) is 1. The van der Waals surface area contributed by atoms with Crippen LogP contribution in [0.4, 0.5) is 0 Å². The van der Waals surface area contributed by atoms with Gasteiger partial charge in [0.05, 0.1) is 0 Å². The quantitative estimate of drug-likeness (QED) is 0.854. The second-order valence-corrected chi connectivity index (χ2v) is 5.37. The minimum atomic E-state index is 0.151. The van der Waals surface area contributed by atoms with Gasteiger partial charge in [-0.3, -0.25) is 0 Å². The molecule has 0 bridgehead atoms. The maximum absolute atomic E-state index is 6.17. The summed E-state index contributed by atoms with van der Waals surface area (Å²) in [6.07, 6.45) is 3.37. The Morgan fingerprint density at radius 1 is 0.952 bits per heavy atom. The average molecular weight is 283 g/mol. The second-order valence-electron chi connectivity index (χ2n) is 5.37. The van der Waals surface area contributed by atoms with Crippen LogP contribution in [0, 0.1) is 0 Å². The largest absolute Gasteiger partial charge is 0.490 e. The zero-order chi connectivity index (χ0) is 14.5. The van der Waals surface area contributed by atoms with E-state index in [0.717, 1.165) is 24.3 Å². The molecule has 3 rings (SSSR count). The Morgan fingerprint density at radius 2 is 1.71 bits per heavy atom. The average Bonchev–Trinajstić information content (AvgIpc) is 2.53. The summed E-state index contributed by atoms with van der Waals surface area (Å²) in [6, 6.07) is 16.2. The van der Waals surface area contributed by atoms with Gasteiger partial charge in [-0.2, -0.15) is 0 Å². The van der Waals surface area contributed by atoms with Gasteiger partial charge in [0.25, 0.3) is 0 Å². The third kappa shape index (κ3) is 3.56. The van der Waals surface area contributed by atoms with E-state index >= 15 is 0 Å². The van der Waals surface area contributed by atoms with Gasteiger partial charge in [0, 0.05) is 6.04 Å². The fourth-order valence-corrected chi connectivity index (χ4v) is 2.74. The first-order valence-electron chi connectivity index (χ1n) is 7.52. The highest BCUT2D eigenvalue weighted by Gasteiger charge is 2.17. The zero-order valence-electron chi connectivity index (χ0n) is 12.1. The van der Waals surface area contributed by atoms with Crippen molar-refractivity contribution in [2.45, 2.75) is 25.3 Å². The van der Waals surface area contributed by atoms with E-state index in [4.69, 9.17) is 15.2 Å². The molecule has 1 atom stereocenters. The number of benzene rings is 2. The first kappa shape index (κ1) is 14.0. The molecule has 0 amide bonds. The molecule has 3 heteroatoms. The molecular formula is C18H21NO2. The predicted octanol–water partition coefficient (Wildman–Crippen LogP) is 3.48. The Hall–Kier alpha value is -2.00. The summed E-state index contributed by atoms with van der Waals surface area (Å²) in [6.45, 7) is 1.07. The lowest BCUT2D eigenvalue weighted by Crippen LogP contribution is -2.17. The van der Waals surface area contributed by atoms with E-state index in [1.54, 1.807) is 0 Å². The molecular weight excluding hydrogens is 262 g/mol. The molecule has 3 nitrogen and oxygen atoms in total. The molecule has 0 saturated heterocycles. The van der Waals surface area contributed by atoms with Crippen molar-refractivity contribution in [1.29, 1.82) is 0 Å². The van der Waals surface area contributed by atoms with Gasteiger partial charge >= 0.3 is 0 Å². The van der Waals surface area contributed by atoms with Gasteiger partial charge in [-0.15, -0.1) is 0 Å². The Kier molecular flexibility index (Phi) is 4.41. The lowest BCUT2D eigenvalue weighted by Gasteiger charge is -2.22. The molecule has 0 aliphatic heterocycles. The van der Waals surface area contributed by atoms with Gasteiger partial charge < -0.3 is 15.2 Å². The van der Waals surface area contributed by atoms with E-state index in [9.17, 15) is 0 Å². The van der Waals surface area contributed by atoms with E-state index in [1.165, 1.54) is 17.5 Å². The minimum absolute atomic E-state index is 0.151. The van der Waals surface area contributed by atoms with Crippen LogP contribution >= 0.6 is 0 Å². The molecule has 1 unspecified atom stereocenters. The molecule has 110 valence electrons. The lowest BCUT2D eigenvalue weighted by atomic mass is 9.88.